The third kappa shape index (κ3) is 2.77. The maximum absolute atomic E-state index is 8.87. The first-order valence-corrected chi connectivity index (χ1v) is 8.14. The topological polar surface area (TPSA) is 67.0 Å². The van der Waals surface area contributed by atoms with Crippen molar-refractivity contribution in [2.24, 2.45) is 0 Å². The molecule has 7 heteroatoms. The van der Waals surface area contributed by atoms with Gasteiger partial charge in [0.25, 0.3) is 0 Å². The average molecular weight is 317 g/mol. The Bertz CT molecular complexity index is 714. The van der Waals surface area contributed by atoms with Gasteiger partial charge in [0.2, 0.25) is 0 Å². The zero-order chi connectivity index (χ0) is 15.7. The molecule has 3 heterocycles. The number of nitrogens with zero attached hydrogens (tertiary/aromatic N) is 5. The third-order valence-electron chi connectivity index (χ3n) is 4.12. The van der Waals surface area contributed by atoms with Gasteiger partial charge in [-0.05, 0) is 20.9 Å². The lowest BCUT2D eigenvalue weighted by Gasteiger charge is -2.32. The molecule has 1 atom stereocenters. The van der Waals surface area contributed by atoms with Gasteiger partial charge in [0.15, 0.2) is 5.69 Å². The van der Waals surface area contributed by atoms with E-state index in [9.17, 15) is 0 Å². The molecule has 1 saturated heterocycles. The largest absolute Gasteiger partial charge is 0.378 e. The number of aromatic nitrogens is 3. The zero-order valence-electron chi connectivity index (χ0n) is 13.0. The smallest absolute Gasteiger partial charge is 0.151 e. The fourth-order valence-electron chi connectivity index (χ4n) is 2.90. The summed E-state index contributed by atoms with van der Waals surface area (Å²) in [6.45, 7) is 7.18. The van der Waals surface area contributed by atoms with Crippen LogP contribution in [0.4, 0.5) is 0 Å². The van der Waals surface area contributed by atoms with Crippen LogP contribution in [-0.2, 0) is 11.3 Å². The quantitative estimate of drug-likeness (QED) is 0.864. The molecule has 0 aliphatic carbocycles. The lowest BCUT2D eigenvalue weighted by molar-refractivity contribution is 0.00457. The minimum absolute atomic E-state index is 0.258. The Labute approximate surface area is 134 Å². The maximum Gasteiger partial charge on any atom is 0.151 e. The summed E-state index contributed by atoms with van der Waals surface area (Å²) in [7, 11) is 2.13. The predicted octanol–water partition coefficient (Wildman–Crippen LogP) is 1.88. The zero-order valence-corrected chi connectivity index (χ0v) is 13.9. The van der Waals surface area contributed by atoms with Crippen LogP contribution >= 0.6 is 11.3 Å². The van der Waals surface area contributed by atoms with Gasteiger partial charge in [-0.25, -0.2) is 4.98 Å². The Kier molecular flexibility index (Phi) is 4.25. The average Bonchev–Trinajstić information content (AvgIpc) is 3.06. The van der Waals surface area contributed by atoms with Gasteiger partial charge < -0.3 is 4.74 Å². The Hall–Kier alpha value is -1.75. The number of hydrogen-bond donors (Lipinski definition) is 0. The fourth-order valence-corrected chi connectivity index (χ4v) is 3.60. The molecular formula is C15H19N5OS. The van der Waals surface area contributed by atoms with E-state index in [0.29, 0.717) is 18.8 Å². The van der Waals surface area contributed by atoms with E-state index in [-0.39, 0.29) is 6.04 Å². The Balaban J connectivity index is 1.88. The van der Waals surface area contributed by atoms with Crippen LogP contribution in [0, 0.1) is 25.2 Å². The number of likely N-dealkylation sites (N-methyl/N-ethyl adjacent to an activating group) is 1. The molecule has 6 nitrogen and oxygen atoms in total. The molecule has 1 aliphatic heterocycles. The summed E-state index contributed by atoms with van der Waals surface area (Å²) < 4.78 is 7.62. The van der Waals surface area contributed by atoms with Crippen molar-refractivity contribution in [3.63, 3.8) is 0 Å². The summed E-state index contributed by atoms with van der Waals surface area (Å²) in [5, 5.41) is 16.2. The monoisotopic (exact) mass is 317 g/mol. The van der Waals surface area contributed by atoms with E-state index in [0.717, 1.165) is 29.5 Å². The first-order chi connectivity index (χ1) is 10.6. The highest BCUT2D eigenvalue weighted by molar-refractivity contribution is 7.09. The molecule has 1 aliphatic rings. The molecule has 0 N–H and O–H groups in total. The van der Waals surface area contributed by atoms with Gasteiger partial charge >= 0.3 is 0 Å². The van der Waals surface area contributed by atoms with Crippen LogP contribution in [0.15, 0.2) is 5.38 Å². The van der Waals surface area contributed by atoms with Crippen molar-refractivity contribution in [1.82, 2.24) is 19.7 Å². The number of morpholine rings is 1. The van der Waals surface area contributed by atoms with E-state index in [1.165, 1.54) is 16.9 Å². The SMILES string of the molecule is Cc1nn(Cc2nc(C#N)cs2)c(C)c1C1COCCN1C. The molecule has 0 saturated carbocycles. The van der Waals surface area contributed by atoms with Crippen LogP contribution < -0.4 is 0 Å². The lowest BCUT2D eigenvalue weighted by Crippen LogP contribution is -2.37. The number of rotatable bonds is 3. The first-order valence-electron chi connectivity index (χ1n) is 7.26. The second kappa shape index (κ2) is 6.16. The highest BCUT2D eigenvalue weighted by Crippen LogP contribution is 2.28. The molecule has 0 spiro atoms. The van der Waals surface area contributed by atoms with Crippen molar-refractivity contribution in [1.29, 1.82) is 5.26 Å². The number of nitriles is 1. The van der Waals surface area contributed by atoms with Crippen LogP contribution in [0.2, 0.25) is 0 Å². The van der Waals surface area contributed by atoms with Gasteiger partial charge in [0, 0.05) is 23.2 Å². The lowest BCUT2D eigenvalue weighted by atomic mass is 10.0. The van der Waals surface area contributed by atoms with Gasteiger partial charge in [-0.15, -0.1) is 11.3 Å². The van der Waals surface area contributed by atoms with Crippen molar-refractivity contribution in [2.75, 3.05) is 26.8 Å². The minimum atomic E-state index is 0.258. The minimum Gasteiger partial charge on any atom is -0.378 e. The molecule has 3 rings (SSSR count). The van der Waals surface area contributed by atoms with Gasteiger partial charge in [-0.2, -0.15) is 10.4 Å². The van der Waals surface area contributed by atoms with Crippen molar-refractivity contribution in [3.8, 4) is 6.07 Å². The van der Waals surface area contributed by atoms with Crippen molar-refractivity contribution < 1.29 is 4.74 Å². The molecule has 0 radical (unpaired) electrons. The summed E-state index contributed by atoms with van der Waals surface area (Å²) >= 11 is 1.50. The maximum atomic E-state index is 8.87. The Morgan fingerprint density at radius 1 is 1.50 bits per heavy atom. The van der Waals surface area contributed by atoms with Gasteiger partial charge in [0.1, 0.15) is 11.1 Å². The predicted molar refractivity (Wildman–Crippen MR) is 83.8 cm³/mol. The molecule has 0 aromatic carbocycles. The van der Waals surface area contributed by atoms with E-state index in [2.05, 4.69) is 35.0 Å². The summed E-state index contributed by atoms with van der Waals surface area (Å²) in [5.41, 5.74) is 3.91. The van der Waals surface area contributed by atoms with Crippen molar-refractivity contribution >= 4 is 11.3 Å². The second-order valence-electron chi connectivity index (χ2n) is 5.55. The Morgan fingerprint density at radius 2 is 2.32 bits per heavy atom. The summed E-state index contributed by atoms with van der Waals surface area (Å²) in [5.74, 6) is 0. The fraction of sp³-hybridized carbons (Fsp3) is 0.533. The van der Waals surface area contributed by atoms with E-state index in [1.54, 1.807) is 5.38 Å². The summed E-state index contributed by atoms with van der Waals surface area (Å²) in [4.78, 5) is 6.61. The van der Waals surface area contributed by atoms with E-state index in [1.807, 2.05) is 11.6 Å². The molecule has 0 bridgehead atoms. The first kappa shape index (κ1) is 15.2. The van der Waals surface area contributed by atoms with E-state index < -0.39 is 0 Å². The normalized spacial score (nSPS) is 19.3. The van der Waals surface area contributed by atoms with Crippen LogP contribution in [0.1, 0.15) is 33.7 Å². The van der Waals surface area contributed by atoms with Crippen molar-refractivity contribution in [3.05, 3.63) is 33.0 Å². The third-order valence-corrected chi connectivity index (χ3v) is 4.95. The van der Waals surface area contributed by atoms with Crippen LogP contribution in [0.25, 0.3) is 0 Å². The van der Waals surface area contributed by atoms with Crippen molar-refractivity contribution in [2.45, 2.75) is 26.4 Å². The Morgan fingerprint density at radius 3 is 3.00 bits per heavy atom. The van der Waals surface area contributed by atoms with Crippen LogP contribution in [0.3, 0.4) is 0 Å². The number of ether oxygens (including phenoxy) is 1. The number of hydrogen-bond acceptors (Lipinski definition) is 6. The van der Waals surface area contributed by atoms with Gasteiger partial charge in [0.05, 0.1) is 31.5 Å². The van der Waals surface area contributed by atoms with E-state index in [4.69, 9.17) is 10.00 Å². The highest BCUT2D eigenvalue weighted by Gasteiger charge is 2.27. The molecule has 1 fully saturated rings. The summed E-state index contributed by atoms with van der Waals surface area (Å²) in [6, 6.07) is 2.33. The molecule has 0 amide bonds. The molecule has 1 unspecified atom stereocenters. The standard InChI is InChI=1S/C15H19N5OS/c1-10-15(13-8-21-5-4-19(13)3)11(2)20(18-10)7-14-17-12(6-16)9-22-14/h9,13H,4-5,7-8H2,1-3H3. The van der Waals surface area contributed by atoms with Crippen LogP contribution in [0.5, 0.6) is 0 Å². The number of aryl methyl sites for hydroxylation is 1. The summed E-state index contributed by atoms with van der Waals surface area (Å²) in [6.07, 6.45) is 0. The molecule has 22 heavy (non-hydrogen) atoms. The molecule has 2 aromatic heterocycles. The molecule has 2 aromatic rings. The van der Waals surface area contributed by atoms with Crippen LogP contribution in [-0.4, -0.2) is 46.5 Å². The molecule has 116 valence electrons. The highest BCUT2D eigenvalue weighted by atomic mass is 32.1. The second-order valence-corrected chi connectivity index (χ2v) is 6.49. The van der Waals surface area contributed by atoms with Gasteiger partial charge in [-0.1, -0.05) is 0 Å². The molecular weight excluding hydrogens is 298 g/mol. The van der Waals surface area contributed by atoms with Gasteiger partial charge in [-0.3, -0.25) is 9.58 Å². The van der Waals surface area contributed by atoms with E-state index >= 15 is 0 Å². The number of thiazole rings is 1.